The Bertz CT molecular complexity index is 1100. The van der Waals surface area contributed by atoms with Gasteiger partial charge in [-0.05, 0) is 19.8 Å². The van der Waals surface area contributed by atoms with E-state index in [1.165, 1.54) is 7.11 Å². The summed E-state index contributed by atoms with van der Waals surface area (Å²) in [4.78, 5) is 23.0. The molecule has 1 fully saturated rings. The zero-order valence-electron chi connectivity index (χ0n) is 17.1. The van der Waals surface area contributed by atoms with Crippen molar-refractivity contribution < 1.29 is 22.8 Å². The molecule has 4 rings (SSSR count). The van der Waals surface area contributed by atoms with Crippen molar-refractivity contribution in [3.8, 4) is 5.88 Å². The van der Waals surface area contributed by atoms with Crippen LogP contribution < -0.4 is 15.4 Å². The smallest absolute Gasteiger partial charge is 0.320 e. The largest absolute Gasteiger partial charge is 0.478 e. The molecule has 0 radical (unpaired) electrons. The van der Waals surface area contributed by atoms with Gasteiger partial charge in [0.05, 0.1) is 23.8 Å². The fourth-order valence-corrected chi connectivity index (χ4v) is 3.55. The van der Waals surface area contributed by atoms with E-state index in [-0.39, 0.29) is 28.8 Å². The highest BCUT2D eigenvalue weighted by atomic mass is 19.2. The Morgan fingerprint density at radius 2 is 1.87 bits per heavy atom. The third kappa shape index (κ3) is 4.88. The monoisotopic (exact) mass is 432 g/mol. The van der Waals surface area contributed by atoms with E-state index in [0.29, 0.717) is 6.54 Å². The average molecular weight is 432 g/mol. The van der Waals surface area contributed by atoms with E-state index < -0.39 is 17.7 Å². The first-order valence-electron chi connectivity index (χ1n) is 9.84. The summed E-state index contributed by atoms with van der Waals surface area (Å²) >= 11 is 0. The summed E-state index contributed by atoms with van der Waals surface area (Å²) in [6, 6.07) is 3.28. The number of nitrogens with zero attached hydrogens (tertiary/aromatic N) is 4. The first-order chi connectivity index (χ1) is 14.9. The second-order valence-corrected chi connectivity index (χ2v) is 7.41. The van der Waals surface area contributed by atoms with Crippen molar-refractivity contribution in [3.63, 3.8) is 0 Å². The highest BCUT2D eigenvalue weighted by Crippen LogP contribution is 2.25. The minimum absolute atomic E-state index is 0.00591. The van der Waals surface area contributed by atoms with Crippen molar-refractivity contribution in [2.24, 2.45) is 0 Å². The zero-order chi connectivity index (χ0) is 22.0. The molecule has 0 spiro atoms. The second-order valence-electron chi connectivity index (χ2n) is 7.41. The summed E-state index contributed by atoms with van der Waals surface area (Å²) in [5.74, 6) is -1.27. The van der Waals surface area contributed by atoms with E-state index in [0.717, 1.165) is 49.5 Å². The minimum Gasteiger partial charge on any atom is -0.478 e. The number of methoxy groups -OCH3 is 1. The van der Waals surface area contributed by atoms with Crippen LogP contribution in [-0.4, -0.2) is 52.3 Å². The lowest BCUT2D eigenvalue weighted by atomic mass is 10.1. The Morgan fingerprint density at radius 1 is 1.19 bits per heavy atom. The molecule has 2 amide bonds. The molecule has 31 heavy (non-hydrogen) atoms. The van der Waals surface area contributed by atoms with E-state index in [9.17, 15) is 13.6 Å². The topological polar surface area (TPSA) is 105 Å². The Labute approximate surface area is 176 Å². The Hall–Kier alpha value is -3.34. The van der Waals surface area contributed by atoms with Crippen molar-refractivity contribution in [2.45, 2.75) is 32.4 Å². The predicted molar refractivity (Wildman–Crippen MR) is 108 cm³/mol. The molecular weight excluding hydrogens is 410 g/mol. The SMILES string of the molecule is COc1nc2cc(F)c(F)cc2nc1NC(=O)NC1CCN(Cc2cc(C)on2)CC1. The number of aryl methyl sites for hydroxylation is 1. The van der Waals surface area contributed by atoms with Crippen molar-refractivity contribution in [1.29, 1.82) is 0 Å². The number of hydrogen-bond acceptors (Lipinski definition) is 7. The number of aromatic nitrogens is 3. The number of carbonyl (C=O) groups is 1. The quantitative estimate of drug-likeness (QED) is 0.639. The molecule has 2 N–H and O–H groups in total. The highest BCUT2D eigenvalue weighted by Gasteiger charge is 2.22. The molecule has 0 atom stereocenters. The Morgan fingerprint density at radius 3 is 2.48 bits per heavy atom. The van der Waals surface area contributed by atoms with Crippen molar-refractivity contribution in [2.75, 3.05) is 25.5 Å². The van der Waals surface area contributed by atoms with Gasteiger partial charge in [0.2, 0.25) is 0 Å². The van der Waals surface area contributed by atoms with E-state index in [4.69, 9.17) is 9.26 Å². The molecular formula is C20H22F2N6O3. The van der Waals surface area contributed by atoms with Crippen LogP contribution in [-0.2, 0) is 6.54 Å². The number of halogens is 2. The third-order valence-corrected chi connectivity index (χ3v) is 5.08. The number of ether oxygens (including phenoxy) is 1. The molecule has 164 valence electrons. The number of amides is 2. The molecule has 0 aliphatic carbocycles. The van der Waals surface area contributed by atoms with Crippen molar-refractivity contribution in [3.05, 3.63) is 41.3 Å². The third-order valence-electron chi connectivity index (χ3n) is 5.08. The van der Waals surface area contributed by atoms with Gasteiger partial charge in [-0.2, -0.15) is 0 Å². The number of carbonyl (C=O) groups excluding carboxylic acids is 1. The lowest BCUT2D eigenvalue weighted by molar-refractivity contribution is 0.186. The Balaban J connectivity index is 1.35. The number of benzene rings is 1. The van der Waals surface area contributed by atoms with Crippen LogP contribution in [0.15, 0.2) is 22.7 Å². The van der Waals surface area contributed by atoms with Crippen LogP contribution in [0.1, 0.15) is 24.3 Å². The van der Waals surface area contributed by atoms with Gasteiger partial charge >= 0.3 is 6.03 Å². The van der Waals surface area contributed by atoms with Gasteiger partial charge in [-0.15, -0.1) is 0 Å². The fraction of sp³-hybridized carbons (Fsp3) is 0.400. The lowest BCUT2D eigenvalue weighted by Crippen LogP contribution is -2.45. The molecule has 1 aliphatic rings. The number of likely N-dealkylation sites (tertiary alicyclic amines) is 1. The number of urea groups is 1. The number of piperidine rings is 1. The van der Waals surface area contributed by atoms with E-state index >= 15 is 0 Å². The molecule has 0 unspecified atom stereocenters. The van der Waals surface area contributed by atoms with Gasteiger partial charge in [-0.1, -0.05) is 5.16 Å². The molecule has 1 saturated heterocycles. The van der Waals surface area contributed by atoms with E-state index in [2.05, 4.69) is 30.7 Å². The first-order valence-corrected chi connectivity index (χ1v) is 9.84. The maximum Gasteiger partial charge on any atom is 0.320 e. The number of hydrogen-bond donors (Lipinski definition) is 2. The van der Waals surface area contributed by atoms with Crippen LogP contribution >= 0.6 is 0 Å². The van der Waals surface area contributed by atoms with Crippen molar-refractivity contribution in [1.82, 2.24) is 25.3 Å². The second kappa shape index (κ2) is 8.80. The normalized spacial score (nSPS) is 15.2. The summed E-state index contributed by atoms with van der Waals surface area (Å²) in [5, 5.41) is 9.50. The molecule has 1 aliphatic heterocycles. The summed E-state index contributed by atoms with van der Waals surface area (Å²) in [6.45, 7) is 4.17. The Kier molecular flexibility index (Phi) is 5.94. The fourth-order valence-electron chi connectivity index (χ4n) is 3.55. The summed E-state index contributed by atoms with van der Waals surface area (Å²) in [7, 11) is 1.35. The lowest BCUT2D eigenvalue weighted by Gasteiger charge is -2.31. The molecule has 9 nitrogen and oxygen atoms in total. The average Bonchev–Trinajstić information content (AvgIpc) is 3.15. The highest BCUT2D eigenvalue weighted by molar-refractivity contribution is 5.91. The van der Waals surface area contributed by atoms with Crippen LogP contribution in [0.2, 0.25) is 0 Å². The van der Waals surface area contributed by atoms with Gasteiger partial charge in [-0.3, -0.25) is 10.2 Å². The first kappa shape index (κ1) is 20.9. The summed E-state index contributed by atoms with van der Waals surface area (Å²) in [5.41, 5.74) is 1.11. The molecule has 1 aromatic carbocycles. The summed E-state index contributed by atoms with van der Waals surface area (Å²) < 4.78 is 37.2. The van der Waals surface area contributed by atoms with Crippen LogP contribution in [0.25, 0.3) is 11.0 Å². The van der Waals surface area contributed by atoms with E-state index in [1.54, 1.807) is 0 Å². The van der Waals surface area contributed by atoms with Crippen LogP contribution in [0.5, 0.6) is 5.88 Å². The van der Waals surface area contributed by atoms with Gasteiger partial charge in [0, 0.05) is 43.9 Å². The number of rotatable bonds is 5. The molecule has 3 heterocycles. The van der Waals surface area contributed by atoms with Crippen molar-refractivity contribution >= 4 is 22.9 Å². The predicted octanol–water partition coefficient (Wildman–Crippen LogP) is 3.00. The maximum absolute atomic E-state index is 13.5. The maximum atomic E-state index is 13.5. The minimum atomic E-state index is -1.05. The molecule has 0 saturated carbocycles. The summed E-state index contributed by atoms with van der Waals surface area (Å²) in [6.07, 6.45) is 1.55. The standard InChI is InChI=1S/C20H22F2N6O3/c1-11-7-13(27-31-11)10-28-5-3-12(4-6-28)23-20(29)26-18-19(30-2)25-17-9-15(22)14(21)8-16(17)24-18/h7-9,12H,3-6,10H2,1-2H3,(H2,23,24,26,29). The zero-order valence-corrected chi connectivity index (χ0v) is 17.1. The van der Waals surface area contributed by atoms with Gasteiger partial charge in [0.15, 0.2) is 17.5 Å². The molecule has 3 aromatic rings. The number of anilines is 1. The van der Waals surface area contributed by atoms with Gasteiger partial charge in [0.1, 0.15) is 5.76 Å². The number of nitrogens with one attached hydrogen (secondary N) is 2. The van der Waals surface area contributed by atoms with Gasteiger partial charge in [0.25, 0.3) is 5.88 Å². The van der Waals surface area contributed by atoms with Crippen LogP contribution in [0.4, 0.5) is 19.4 Å². The van der Waals surface area contributed by atoms with Crippen LogP contribution in [0.3, 0.4) is 0 Å². The van der Waals surface area contributed by atoms with Crippen LogP contribution in [0, 0.1) is 18.6 Å². The van der Waals surface area contributed by atoms with Gasteiger partial charge in [-0.25, -0.2) is 23.5 Å². The van der Waals surface area contributed by atoms with Gasteiger partial charge < -0.3 is 14.6 Å². The van der Waals surface area contributed by atoms with E-state index in [1.807, 2.05) is 13.0 Å². The molecule has 0 bridgehead atoms. The number of fused-ring (bicyclic) bond motifs is 1. The molecule has 2 aromatic heterocycles. The molecule has 11 heteroatoms.